The average molecular weight is 371 g/mol. The zero-order valence-electron chi connectivity index (χ0n) is 14.8. The summed E-state index contributed by atoms with van der Waals surface area (Å²) < 4.78 is 0. The third kappa shape index (κ3) is 2.99. The topological polar surface area (TPSA) is 107 Å². The van der Waals surface area contributed by atoms with Crippen LogP contribution in [0, 0.1) is 5.92 Å². The summed E-state index contributed by atoms with van der Waals surface area (Å²) in [5.41, 5.74) is 1.45. The molecule has 1 aromatic rings. The monoisotopic (exact) mass is 371 g/mol. The summed E-state index contributed by atoms with van der Waals surface area (Å²) in [5.74, 6) is -1.66. The molecule has 142 valence electrons. The Bertz CT molecular complexity index is 829. The van der Waals surface area contributed by atoms with Crippen molar-refractivity contribution in [1.82, 2.24) is 10.2 Å². The molecule has 4 rings (SSSR count). The molecule has 2 fully saturated rings. The number of hydrogen-bond acceptors (Lipinski definition) is 6. The maximum atomic E-state index is 12.9. The second-order valence-electron chi connectivity index (χ2n) is 7.29. The molecule has 2 saturated heterocycles. The summed E-state index contributed by atoms with van der Waals surface area (Å²) in [6, 6.07) is 4.21. The first-order valence-corrected chi connectivity index (χ1v) is 9.21. The summed E-state index contributed by atoms with van der Waals surface area (Å²) in [6.45, 7) is 1.75. The molecule has 3 aliphatic heterocycles. The Kier molecular flexibility index (Phi) is 4.43. The van der Waals surface area contributed by atoms with Crippen LogP contribution >= 0.6 is 0 Å². The van der Waals surface area contributed by atoms with E-state index in [0.717, 1.165) is 36.5 Å². The smallest absolute Gasteiger partial charge is 0.262 e. The minimum Gasteiger partial charge on any atom is -0.396 e. The Labute approximate surface area is 156 Å². The van der Waals surface area contributed by atoms with Crippen LogP contribution < -0.4 is 10.2 Å². The number of anilines is 1. The van der Waals surface area contributed by atoms with Gasteiger partial charge in [-0.2, -0.15) is 0 Å². The lowest BCUT2D eigenvalue weighted by molar-refractivity contribution is -0.136. The van der Waals surface area contributed by atoms with E-state index in [1.54, 1.807) is 12.1 Å². The number of imide groups is 2. The van der Waals surface area contributed by atoms with Crippen LogP contribution in [0.3, 0.4) is 0 Å². The van der Waals surface area contributed by atoms with E-state index in [4.69, 9.17) is 0 Å². The standard InChI is InChI=1S/C19H21N3O5/c23-10-11-5-7-21(8-6-11)12-1-2-13-14(9-12)19(27)22(18(13)26)15-3-4-16(24)20-17(15)25/h1-2,9,11,15,23H,3-8,10H2,(H,20,24,25). The zero-order chi connectivity index (χ0) is 19.1. The van der Waals surface area contributed by atoms with Crippen LogP contribution in [0.4, 0.5) is 5.69 Å². The summed E-state index contributed by atoms with van der Waals surface area (Å²) in [4.78, 5) is 52.1. The van der Waals surface area contributed by atoms with Crippen molar-refractivity contribution in [3.8, 4) is 0 Å². The van der Waals surface area contributed by atoms with Gasteiger partial charge in [0.25, 0.3) is 11.8 Å². The van der Waals surface area contributed by atoms with Crippen molar-refractivity contribution in [2.24, 2.45) is 5.92 Å². The van der Waals surface area contributed by atoms with Crippen LogP contribution in [-0.2, 0) is 9.59 Å². The predicted molar refractivity (Wildman–Crippen MR) is 95.1 cm³/mol. The van der Waals surface area contributed by atoms with E-state index in [2.05, 4.69) is 10.2 Å². The van der Waals surface area contributed by atoms with Crippen LogP contribution in [0.2, 0.25) is 0 Å². The van der Waals surface area contributed by atoms with Crippen molar-refractivity contribution < 1.29 is 24.3 Å². The fraction of sp³-hybridized carbons (Fsp3) is 0.474. The largest absolute Gasteiger partial charge is 0.396 e. The van der Waals surface area contributed by atoms with Gasteiger partial charge in [-0.15, -0.1) is 0 Å². The number of fused-ring (bicyclic) bond motifs is 1. The van der Waals surface area contributed by atoms with Crippen LogP contribution in [0.25, 0.3) is 0 Å². The van der Waals surface area contributed by atoms with E-state index in [1.807, 2.05) is 6.07 Å². The number of carbonyl (C=O) groups is 4. The van der Waals surface area contributed by atoms with Gasteiger partial charge >= 0.3 is 0 Å². The Balaban J connectivity index is 1.57. The van der Waals surface area contributed by atoms with E-state index in [9.17, 15) is 24.3 Å². The van der Waals surface area contributed by atoms with Gasteiger partial charge in [0.1, 0.15) is 6.04 Å². The van der Waals surface area contributed by atoms with Crippen LogP contribution in [0.5, 0.6) is 0 Å². The number of benzene rings is 1. The number of nitrogens with one attached hydrogen (secondary N) is 1. The molecule has 0 aliphatic carbocycles. The number of carbonyl (C=O) groups excluding carboxylic acids is 4. The minimum atomic E-state index is -0.946. The van der Waals surface area contributed by atoms with Crippen molar-refractivity contribution in [2.75, 3.05) is 24.6 Å². The number of hydrogen-bond donors (Lipinski definition) is 2. The summed E-state index contributed by atoms with van der Waals surface area (Å²) in [7, 11) is 0. The predicted octanol–water partition coefficient (Wildman–Crippen LogP) is 0.296. The SMILES string of the molecule is O=C1CCC(N2C(=O)c3ccc(N4CCC(CO)CC4)cc3C2=O)C(=O)N1. The van der Waals surface area contributed by atoms with E-state index in [1.165, 1.54) is 0 Å². The Morgan fingerprint density at radius 2 is 1.70 bits per heavy atom. The fourth-order valence-corrected chi connectivity index (χ4v) is 4.03. The maximum Gasteiger partial charge on any atom is 0.262 e. The number of piperidine rings is 2. The molecule has 1 aromatic carbocycles. The second-order valence-corrected chi connectivity index (χ2v) is 7.29. The molecule has 8 nitrogen and oxygen atoms in total. The van der Waals surface area contributed by atoms with Crippen molar-refractivity contribution in [3.63, 3.8) is 0 Å². The second kappa shape index (κ2) is 6.77. The number of aliphatic hydroxyl groups is 1. The van der Waals surface area contributed by atoms with Crippen molar-refractivity contribution in [1.29, 1.82) is 0 Å². The molecule has 0 bridgehead atoms. The van der Waals surface area contributed by atoms with E-state index in [-0.39, 0.29) is 25.4 Å². The summed E-state index contributed by atoms with van der Waals surface area (Å²) in [5, 5.41) is 11.5. The van der Waals surface area contributed by atoms with Gasteiger partial charge in [-0.1, -0.05) is 0 Å². The van der Waals surface area contributed by atoms with Gasteiger partial charge < -0.3 is 10.0 Å². The molecule has 1 atom stereocenters. The van der Waals surface area contributed by atoms with E-state index >= 15 is 0 Å². The Morgan fingerprint density at radius 3 is 2.37 bits per heavy atom. The highest BCUT2D eigenvalue weighted by Crippen LogP contribution is 2.32. The first-order chi connectivity index (χ1) is 13.0. The first-order valence-electron chi connectivity index (χ1n) is 9.21. The van der Waals surface area contributed by atoms with E-state index in [0.29, 0.717) is 17.0 Å². The number of nitrogens with zero attached hydrogens (tertiary/aromatic N) is 2. The van der Waals surface area contributed by atoms with Gasteiger partial charge in [-0.05, 0) is 43.4 Å². The fourth-order valence-electron chi connectivity index (χ4n) is 4.03. The van der Waals surface area contributed by atoms with Crippen molar-refractivity contribution in [3.05, 3.63) is 29.3 Å². The molecule has 8 heteroatoms. The van der Waals surface area contributed by atoms with Gasteiger partial charge in [0.15, 0.2) is 0 Å². The van der Waals surface area contributed by atoms with Gasteiger partial charge in [-0.25, -0.2) is 0 Å². The third-order valence-corrected chi connectivity index (χ3v) is 5.66. The molecular weight excluding hydrogens is 350 g/mol. The molecule has 0 spiro atoms. The lowest BCUT2D eigenvalue weighted by atomic mass is 9.97. The van der Waals surface area contributed by atoms with Crippen molar-refractivity contribution in [2.45, 2.75) is 31.7 Å². The number of aliphatic hydroxyl groups excluding tert-OH is 1. The molecule has 3 aliphatic rings. The highest BCUT2D eigenvalue weighted by molar-refractivity contribution is 6.23. The lowest BCUT2D eigenvalue weighted by Gasteiger charge is -2.33. The lowest BCUT2D eigenvalue weighted by Crippen LogP contribution is -2.54. The first kappa shape index (κ1) is 17.7. The average Bonchev–Trinajstić information content (AvgIpc) is 2.92. The molecule has 0 aromatic heterocycles. The Hall–Kier alpha value is -2.74. The third-order valence-electron chi connectivity index (χ3n) is 5.66. The maximum absolute atomic E-state index is 12.9. The molecule has 4 amide bonds. The van der Waals surface area contributed by atoms with Crippen LogP contribution in [0.1, 0.15) is 46.4 Å². The molecule has 2 N–H and O–H groups in total. The molecule has 27 heavy (non-hydrogen) atoms. The highest BCUT2D eigenvalue weighted by Gasteiger charge is 2.44. The normalized spacial score (nSPS) is 23.7. The van der Waals surface area contributed by atoms with Crippen LogP contribution in [0.15, 0.2) is 18.2 Å². The minimum absolute atomic E-state index is 0.106. The van der Waals surface area contributed by atoms with E-state index < -0.39 is 23.8 Å². The molecular formula is C19H21N3O5. The summed E-state index contributed by atoms with van der Waals surface area (Å²) >= 11 is 0. The van der Waals surface area contributed by atoms with Gasteiger partial charge in [0.05, 0.1) is 11.1 Å². The van der Waals surface area contributed by atoms with Gasteiger partial charge in [-0.3, -0.25) is 29.4 Å². The van der Waals surface area contributed by atoms with Gasteiger partial charge in [0, 0.05) is 31.8 Å². The zero-order valence-corrected chi connectivity index (χ0v) is 14.8. The van der Waals surface area contributed by atoms with Gasteiger partial charge in [0.2, 0.25) is 11.8 Å². The van der Waals surface area contributed by atoms with Crippen molar-refractivity contribution >= 4 is 29.3 Å². The van der Waals surface area contributed by atoms with Crippen LogP contribution in [-0.4, -0.2) is 59.4 Å². The molecule has 3 heterocycles. The highest BCUT2D eigenvalue weighted by atomic mass is 16.3. The quantitative estimate of drug-likeness (QED) is 0.740. The summed E-state index contributed by atoms with van der Waals surface area (Å²) in [6.07, 6.45) is 2.01. The molecule has 0 radical (unpaired) electrons. The number of rotatable bonds is 3. The number of amides is 4. The molecule has 1 unspecified atom stereocenters. The molecule has 0 saturated carbocycles. The Morgan fingerprint density at radius 1 is 1.00 bits per heavy atom.